The lowest BCUT2D eigenvalue weighted by atomic mass is 9.81. The van der Waals surface area contributed by atoms with Crippen LogP contribution in [0.15, 0.2) is 48.3 Å². The maximum Gasteiger partial charge on any atom is 0.274 e. The Hall–Kier alpha value is -3.57. The summed E-state index contributed by atoms with van der Waals surface area (Å²) < 4.78 is 28.8. The van der Waals surface area contributed by atoms with Gasteiger partial charge in [0.15, 0.2) is 0 Å². The lowest BCUT2D eigenvalue weighted by Gasteiger charge is -2.28. The number of nitrogens with two attached hydrogens (primary N) is 1. The molecule has 4 N–H and O–H groups in total. The lowest BCUT2D eigenvalue weighted by molar-refractivity contribution is 0.102. The number of amides is 1. The number of aliphatic hydroxyl groups excluding tert-OH is 1. The van der Waals surface area contributed by atoms with E-state index in [4.69, 9.17) is 5.73 Å². The van der Waals surface area contributed by atoms with Crippen LogP contribution in [0.5, 0.6) is 0 Å². The van der Waals surface area contributed by atoms with Gasteiger partial charge in [0.1, 0.15) is 28.8 Å². The molecule has 2 heterocycles. The number of anilines is 1. The number of hydrogen-bond acceptors (Lipinski definition) is 5. The summed E-state index contributed by atoms with van der Waals surface area (Å²) in [6, 6.07) is 4.24. The van der Waals surface area contributed by atoms with Crippen molar-refractivity contribution in [3.63, 3.8) is 0 Å². The quantitative estimate of drug-likeness (QED) is 0.618. The molecule has 2 aromatic rings. The van der Waals surface area contributed by atoms with Crippen LogP contribution in [0.1, 0.15) is 59.8 Å². The SMILES string of the molecule is NC1CCCC(c2ccncc2NC(=O)c2ccc(F)c(C3=C(F)C=C(O)CC#C3)n2)C1. The van der Waals surface area contributed by atoms with E-state index >= 15 is 0 Å². The summed E-state index contributed by atoms with van der Waals surface area (Å²) in [6.45, 7) is 0. The summed E-state index contributed by atoms with van der Waals surface area (Å²) in [5.74, 6) is 2.63. The van der Waals surface area contributed by atoms with Crippen molar-refractivity contribution in [1.82, 2.24) is 9.97 Å². The van der Waals surface area contributed by atoms with E-state index in [2.05, 4.69) is 27.1 Å². The van der Waals surface area contributed by atoms with Crippen LogP contribution >= 0.6 is 0 Å². The zero-order valence-corrected chi connectivity index (χ0v) is 17.2. The third-order valence-electron chi connectivity index (χ3n) is 5.59. The molecule has 2 aliphatic carbocycles. The molecule has 1 saturated carbocycles. The van der Waals surface area contributed by atoms with Crippen molar-refractivity contribution in [3.8, 4) is 11.8 Å². The summed E-state index contributed by atoms with van der Waals surface area (Å²) in [4.78, 5) is 21.0. The highest BCUT2D eigenvalue weighted by molar-refractivity contribution is 6.03. The van der Waals surface area contributed by atoms with E-state index in [9.17, 15) is 18.7 Å². The van der Waals surface area contributed by atoms with E-state index in [1.165, 1.54) is 6.07 Å². The Morgan fingerprint density at radius 3 is 2.91 bits per heavy atom. The second-order valence-electron chi connectivity index (χ2n) is 7.90. The van der Waals surface area contributed by atoms with Gasteiger partial charge < -0.3 is 16.2 Å². The first-order valence-corrected chi connectivity index (χ1v) is 10.4. The first kappa shape index (κ1) is 21.7. The van der Waals surface area contributed by atoms with Crippen molar-refractivity contribution in [2.24, 2.45) is 5.73 Å². The Balaban J connectivity index is 1.63. The van der Waals surface area contributed by atoms with Gasteiger partial charge in [-0.15, -0.1) is 0 Å². The molecule has 2 unspecified atom stereocenters. The van der Waals surface area contributed by atoms with Crippen LogP contribution in [0.25, 0.3) is 5.57 Å². The smallest absolute Gasteiger partial charge is 0.274 e. The molecule has 164 valence electrons. The summed E-state index contributed by atoms with van der Waals surface area (Å²) >= 11 is 0. The topological polar surface area (TPSA) is 101 Å². The van der Waals surface area contributed by atoms with Gasteiger partial charge in [0.25, 0.3) is 5.91 Å². The number of halogens is 2. The van der Waals surface area contributed by atoms with Crippen molar-refractivity contribution in [2.75, 3.05) is 5.32 Å². The fourth-order valence-corrected chi connectivity index (χ4v) is 4.03. The number of carbonyl (C=O) groups is 1. The molecule has 0 radical (unpaired) electrons. The van der Waals surface area contributed by atoms with Crippen LogP contribution in [-0.4, -0.2) is 27.0 Å². The standard InChI is InChI=1S/C24H22F2N4O2/c25-19-7-8-21(29-23(19)18-6-2-5-16(31)12-20(18)26)24(32)30-22-13-28-10-9-17(22)14-3-1-4-15(27)11-14/h7-10,12-15,31H,1,3-5,11,27H2,(H,30,32). The zero-order chi connectivity index (χ0) is 22.7. The average Bonchev–Trinajstić information content (AvgIpc) is 2.94. The molecule has 1 amide bonds. The van der Waals surface area contributed by atoms with Gasteiger partial charge in [0.2, 0.25) is 0 Å². The number of nitrogens with zero attached hydrogens (tertiary/aromatic N) is 2. The Morgan fingerprint density at radius 1 is 1.25 bits per heavy atom. The predicted octanol–water partition coefficient (Wildman–Crippen LogP) is 4.38. The minimum atomic E-state index is -0.917. The third-order valence-corrected chi connectivity index (χ3v) is 5.59. The molecule has 0 bridgehead atoms. The zero-order valence-electron chi connectivity index (χ0n) is 17.2. The van der Waals surface area contributed by atoms with Crippen molar-refractivity contribution >= 4 is 17.2 Å². The average molecular weight is 436 g/mol. The minimum absolute atomic E-state index is 0.0622. The van der Waals surface area contributed by atoms with Crippen molar-refractivity contribution < 1.29 is 18.7 Å². The molecular weight excluding hydrogens is 414 g/mol. The van der Waals surface area contributed by atoms with Gasteiger partial charge in [-0.25, -0.2) is 13.8 Å². The summed E-state index contributed by atoms with van der Waals surface area (Å²) in [5, 5.41) is 12.3. The van der Waals surface area contributed by atoms with Gasteiger partial charge in [-0.2, -0.15) is 0 Å². The highest BCUT2D eigenvalue weighted by Gasteiger charge is 2.24. The van der Waals surface area contributed by atoms with Gasteiger partial charge in [-0.05, 0) is 48.9 Å². The van der Waals surface area contributed by atoms with Crippen molar-refractivity contribution in [1.29, 1.82) is 0 Å². The number of allylic oxidation sites excluding steroid dienone is 4. The van der Waals surface area contributed by atoms with E-state index < -0.39 is 23.2 Å². The third kappa shape index (κ3) is 4.68. The Morgan fingerprint density at radius 2 is 2.09 bits per heavy atom. The molecule has 2 aliphatic rings. The van der Waals surface area contributed by atoms with Crippen molar-refractivity contribution in [3.05, 3.63) is 71.0 Å². The second kappa shape index (κ2) is 9.28. The molecule has 2 atom stereocenters. The Bertz CT molecular complexity index is 1180. The Labute approximate surface area is 184 Å². The molecule has 4 rings (SSSR count). The molecule has 6 nitrogen and oxygen atoms in total. The van der Waals surface area contributed by atoms with Crippen LogP contribution in [-0.2, 0) is 0 Å². The number of aromatic nitrogens is 2. The molecule has 0 saturated heterocycles. The van der Waals surface area contributed by atoms with E-state index in [1.807, 2.05) is 6.07 Å². The fraction of sp³-hybridized carbons (Fsp3) is 0.292. The van der Waals surface area contributed by atoms with Crippen LogP contribution < -0.4 is 11.1 Å². The largest absolute Gasteiger partial charge is 0.511 e. The van der Waals surface area contributed by atoms with Gasteiger partial charge in [-0.3, -0.25) is 9.78 Å². The van der Waals surface area contributed by atoms with Gasteiger partial charge in [0.05, 0.1) is 23.9 Å². The first-order chi connectivity index (χ1) is 15.4. The minimum Gasteiger partial charge on any atom is -0.511 e. The molecule has 0 spiro atoms. The number of aliphatic hydroxyl groups is 1. The normalized spacial score (nSPS) is 20.7. The predicted molar refractivity (Wildman–Crippen MR) is 117 cm³/mol. The highest BCUT2D eigenvalue weighted by Crippen LogP contribution is 2.35. The van der Waals surface area contributed by atoms with Crippen LogP contribution in [0.2, 0.25) is 0 Å². The van der Waals surface area contributed by atoms with Crippen LogP contribution in [0.3, 0.4) is 0 Å². The van der Waals surface area contributed by atoms with Crippen LogP contribution in [0, 0.1) is 17.7 Å². The molecule has 2 aromatic heterocycles. The number of nitrogens with one attached hydrogen (secondary N) is 1. The lowest BCUT2D eigenvalue weighted by Crippen LogP contribution is -2.27. The number of rotatable bonds is 4. The van der Waals surface area contributed by atoms with Crippen molar-refractivity contribution in [2.45, 2.75) is 44.1 Å². The van der Waals surface area contributed by atoms with Gasteiger partial charge in [-0.1, -0.05) is 18.3 Å². The molecule has 1 fully saturated rings. The molecule has 0 aliphatic heterocycles. The number of hydrogen-bond donors (Lipinski definition) is 3. The fourth-order valence-electron chi connectivity index (χ4n) is 4.03. The van der Waals surface area contributed by atoms with E-state index in [-0.39, 0.29) is 35.4 Å². The van der Waals surface area contributed by atoms with E-state index in [0.717, 1.165) is 43.4 Å². The number of pyridine rings is 2. The van der Waals surface area contributed by atoms with Crippen LogP contribution in [0.4, 0.5) is 14.5 Å². The first-order valence-electron chi connectivity index (χ1n) is 10.4. The summed E-state index contributed by atoms with van der Waals surface area (Å²) in [7, 11) is 0. The van der Waals surface area contributed by atoms with E-state index in [1.54, 1.807) is 12.4 Å². The number of carbonyl (C=O) groups excluding carboxylic acids is 1. The maximum absolute atomic E-state index is 14.4. The second-order valence-corrected chi connectivity index (χ2v) is 7.90. The molecule has 0 aromatic carbocycles. The monoisotopic (exact) mass is 436 g/mol. The highest BCUT2D eigenvalue weighted by atomic mass is 19.1. The van der Waals surface area contributed by atoms with Gasteiger partial charge >= 0.3 is 0 Å². The molecule has 8 heteroatoms. The summed E-state index contributed by atoms with van der Waals surface area (Å²) in [6.07, 6.45) is 7.79. The van der Waals surface area contributed by atoms with E-state index in [0.29, 0.717) is 5.69 Å². The Kier molecular flexibility index (Phi) is 6.28. The van der Waals surface area contributed by atoms with Gasteiger partial charge in [0, 0.05) is 18.3 Å². The summed E-state index contributed by atoms with van der Waals surface area (Å²) in [5.41, 5.74) is 6.79. The maximum atomic E-state index is 14.4. The molecule has 32 heavy (non-hydrogen) atoms. The molecular formula is C24H22F2N4O2.